The number of hydrogen-bond acceptors (Lipinski definition) is 2. The van der Waals surface area contributed by atoms with Crippen LogP contribution >= 0.6 is 0 Å². The Balaban J connectivity index is 1.87. The molecule has 0 radical (unpaired) electrons. The molecule has 112 valence electrons. The molecule has 1 aliphatic rings. The Bertz CT molecular complexity index is 414. The Morgan fingerprint density at radius 3 is 2.85 bits per heavy atom. The van der Waals surface area contributed by atoms with Gasteiger partial charge < -0.3 is 10.1 Å². The van der Waals surface area contributed by atoms with Gasteiger partial charge in [-0.15, -0.1) is 0 Å². The zero-order valence-corrected chi connectivity index (χ0v) is 13.2. The van der Waals surface area contributed by atoms with Crippen LogP contribution < -0.4 is 5.32 Å². The topological polar surface area (TPSA) is 21.3 Å². The fraction of sp³-hybridized carbons (Fsp3) is 0.667. The summed E-state index contributed by atoms with van der Waals surface area (Å²) in [6.07, 6.45) is 4.84. The minimum atomic E-state index is 0.312. The molecule has 0 saturated heterocycles. The SMILES string of the molecule is CCCCOCCNC1CCC(C)(C)c2ccccc21. The first-order chi connectivity index (χ1) is 9.65. The van der Waals surface area contributed by atoms with E-state index in [0.29, 0.717) is 11.5 Å². The van der Waals surface area contributed by atoms with Crippen LogP contribution in [0.3, 0.4) is 0 Å². The molecular weight excluding hydrogens is 246 g/mol. The minimum Gasteiger partial charge on any atom is -0.380 e. The van der Waals surface area contributed by atoms with Crippen molar-refractivity contribution in [3.8, 4) is 0 Å². The van der Waals surface area contributed by atoms with E-state index in [2.05, 4.69) is 50.4 Å². The highest BCUT2D eigenvalue weighted by atomic mass is 16.5. The number of nitrogens with one attached hydrogen (secondary N) is 1. The largest absolute Gasteiger partial charge is 0.380 e. The Kier molecular flexibility index (Phi) is 5.62. The molecule has 0 spiro atoms. The number of hydrogen-bond donors (Lipinski definition) is 1. The maximum Gasteiger partial charge on any atom is 0.0591 e. The molecule has 20 heavy (non-hydrogen) atoms. The second-order valence-corrected chi connectivity index (χ2v) is 6.48. The summed E-state index contributed by atoms with van der Waals surface area (Å²) in [6, 6.07) is 9.39. The van der Waals surface area contributed by atoms with E-state index in [0.717, 1.165) is 19.8 Å². The Morgan fingerprint density at radius 1 is 1.25 bits per heavy atom. The maximum absolute atomic E-state index is 5.63. The number of fused-ring (bicyclic) bond motifs is 1. The van der Waals surface area contributed by atoms with Crippen molar-refractivity contribution >= 4 is 0 Å². The van der Waals surface area contributed by atoms with E-state index in [1.54, 1.807) is 0 Å². The molecule has 1 aliphatic carbocycles. The highest BCUT2D eigenvalue weighted by molar-refractivity contribution is 5.38. The molecule has 0 aromatic heterocycles. The fourth-order valence-corrected chi connectivity index (χ4v) is 3.08. The average molecular weight is 275 g/mol. The van der Waals surface area contributed by atoms with E-state index in [9.17, 15) is 0 Å². The van der Waals surface area contributed by atoms with Crippen LogP contribution in [-0.4, -0.2) is 19.8 Å². The van der Waals surface area contributed by atoms with Gasteiger partial charge >= 0.3 is 0 Å². The lowest BCUT2D eigenvalue weighted by Crippen LogP contribution is -2.34. The number of rotatable bonds is 7. The summed E-state index contributed by atoms with van der Waals surface area (Å²) in [5, 5.41) is 3.67. The highest BCUT2D eigenvalue weighted by Crippen LogP contribution is 2.41. The molecule has 0 saturated carbocycles. The molecule has 1 atom stereocenters. The van der Waals surface area contributed by atoms with Crippen LogP contribution in [0.25, 0.3) is 0 Å². The third-order valence-electron chi connectivity index (χ3n) is 4.40. The summed E-state index contributed by atoms with van der Waals surface area (Å²) in [7, 11) is 0. The molecule has 0 fully saturated rings. The summed E-state index contributed by atoms with van der Waals surface area (Å²) in [4.78, 5) is 0. The van der Waals surface area contributed by atoms with Crippen molar-refractivity contribution in [2.75, 3.05) is 19.8 Å². The molecule has 2 nitrogen and oxygen atoms in total. The van der Waals surface area contributed by atoms with Gasteiger partial charge in [0.25, 0.3) is 0 Å². The van der Waals surface area contributed by atoms with Gasteiger partial charge in [-0.2, -0.15) is 0 Å². The summed E-state index contributed by atoms with van der Waals surface area (Å²) < 4.78 is 5.63. The average Bonchev–Trinajstić information content (AvgIpc) is 2.45. The van der Waals surface area contributed by atoms with Crippen LogP contribution in [0.4, 0.5) is 0 Å². The first-order valence-electron chi connectivity index (χ1n) is 8.05. The van der Waals surface area contributed by atoms with Gasteiger partial charge in [0.2, 0.25) is 0 Å². The third-order valence-corrected chi connectivity index (χ3v) is 4.40. The van der Waals surface area contributed by atoms with E-state index in [1.807, 2.05) is 0 Å². The highest BCUT2D eigenvalue weighted by Gasteiger charge is 2.31. The van der Waals surface area contributed by atoms with E-state index >= 15 is 0 Å². The second kappa shape index (κ2) is 7.24. The minimum absolute atomic E-state index is 0.312. The van der Waals surface area contributed by atoms with Crippen molar-refractivity contribution in [2.45, 2.75) is 57.9 Å². The fourth-order valence-electron chi connectivity index (χ4n) is 3.08. The van der Waals surface area contributed by atoms with Crippen molar-refractivity contribution in [1.29, 1.82) is 0 Å². The number of benzene rings is 1. The lowest BCUT2D eigenvalue weighted by atomic mass is 9.71. The van der Waals surface area contributed by atoms with E-state index in [1.165, 1.54) is 36.8 Å². The van der Waals surface area contributed by atoms with Crippen molar-refractivity contribution in [1.82, 2.24) is 5.32 Å². The summed E-state index contributed by atoms with van der Waals surface area (Å²) >= 11 is 0. The molecule has 0 amide bonds. The number of ether oxygens (including phenoxy) is 1. The van der Waals surface area contributed by atoms with Gasteiger partial charge in [-0.25, -0.2) is 0 Å². The van der Waals surface area contributed by atoms with Gasteiger partial charge in [-0.1, -0.05) is 51.5 Å². The molecule has 1 unspecified atom stereocenters. The lowest BCUT2D eigenvalue weighted by molar-refractivity contribution is 0.129. The van der Waals surface area contributed by atoms with Crippen molar-refractivity contribution in [3.63, 3.8) is 0 Å². The van der Waals surface area contributed by atoms with Crippen molar-refractivity contribution in [3.05, 3.63) is 35.4 Å². The quantitative estimate of drug-likeness (QED) is 0.753. The van der Waals surface area contributed by atoms with E-state index in [4.69, 9.17) is 4.74 Å². The normalized spacial score (nSPS) is 20.6. The lowest BCUT2D eigenvalue weighted by Gasteiger charge is -2.37. The maximum atomic E-state index is 5.63. The van der Waals surface area contributed by atoms with Gasteiger partial charge in [0.05, 0.1) is 6.61 Å². The van der Waals surface area contributed by atoms with Crippen LogP contribution in [0.1, 0.15) is 63.6 Å². The standard InChI is InChI=1S/C18H29NO/c1-4-5-13-20-14-12-19-17-10-11-18(2,3)16-9-7-6-8-15(16)17/h6-9,17,19H,4-5,10-14H2,1-3H3. The van der Waals surface area contributed by atoms with Crippen molar-refractivity contribution < 1.29 is 4.74 Å². The number of unbranched alkanes of at least 4 members (excludes halogenated alkanes) is 1. The molecular formula is C18H29NO. The van der Waals surface area contributed by atoms with E-state index in [-0.39, 0.29) is 0 Å². The molecule has 1 aromatic rings. The zero-order chi connectivity index (χ0) is 14.4. The Labute approximate surface area is 123 Å². The first kappa shape index (κ1) is 15.5. The first-order valence-corrected chi connectivity index (χ1v) is 8.05. The molecule has 2 heteroatoms. The smallest absolute Gasteiger partial charge is 0.0591 e. The molecule has 0 aliphatic heterocycles. The molecule has 0 bridgehead atoms. The Hall–Kier alpha value is -0.860. The van der Waals surface area contributed by atoms with Gasteiger partial charge in [0.15, 0.2) is 0 Å². The second-order valence-electron chi connectivity index (χ2n) is 6.48. The van der Waals surface area contributed by atoms with Crippen LogP contribution in [0, 0.1) is 0 Å². The molecule has 0 heterocycles. The summed E-state index contributed by atoms with van der Waals surface area (Å²) in [5.74, 6) is 0. The van der Waals surface area contributed by atoms with Gasteiger partial charge in [0, 0.05) is 19.2 Å². The van der Waals surface area contributed by atoms with Crippen LogP contribution in [0.15, 0.2) is 24.3 Å². The monoisotopic (exact) mass is 275 g/mol. The van der Waals surface area contributed by atoms with Gasteiger partial charge in [-0.05, 0) is 35.8 Å². The molecule has 1 N–H and O–H groups in total. The predicted molar refractivity (Wildman–Crippen MR) is 85.2 cm³/mol. The van der Waals surface area contributed by atoms with Crippen LogP contribution in [0.2, 0.25) is 0 Å². The molecule has 2 rings (SSSR count). The molecule has 1 aromatic carbocycles. The van der Waals surface area contributed by atoms with Gasteiger partial charge in [-0.3, -0.25) is 0 Å². The van der Waals surface area contributed by atoms with Gasteiger partial charge in [0.1, 0.15) is 0 Å². The summed E-state index contributed by atoms with van der Waals surface area (Å²) in [6.45, 7) is 9.58. The van der Waals surface area contributed by atoms with Crippen LogP contribution in [0.5, 0.6) is 0 Å². The zero-order valence-electron chi connectivity index (χ0n) is 13.2. The predicted octanol–water partition coefficient (Wildman–Crippen LogP) is 4.21. The third kappa shape index (κ3) is 3.83. The summed E-state index contributed by atoms with van der Waals surface area (Å²) in [5.41, 5.74) is 3.31. The Morgan fingerprint density at radius 2 is 2.05 bits per heavy atom. The van der Waals surface area contributed by atoms with E-state index < -0.39 is 0 Å². The van der Waals surface area contributed by atoms with Crippen molar-refractivity contribution in [2.24, 2.45) is 0 Å². The van der Waals surface area contributed by atoms with Crippen LogP contribution in [-0.2, 0) is 10.2 Å².